The minimum atomic E-state index is -0.629. The van der Waals surface area contributed by atoms with Gasteiger partial charge in [-0.05, 0) is 26.0 Å². The van der Waals surface area contributed by atoms with E-state index in [1.54, 1.807) is 6.92 Å². The average molecular weight is 303 g/mol. The van der Waals surface area contributed by atoms with Crippen LogP contribution < -0.4 is 10.4 Å². The summed E-state index contributed by atoms with van der Waals surface area (Å²) in [7, 11) is 1.32. The van der Waals surface area contributed by atoms with Crippen molar-refractivity contribution in [3.8, 4) is 17.0 Å². The quantitative estimate of drug-likeness (QED) is 0.523. The SMILES string of the molecule is COc1ccc(-c2nc(=O)[nH]c(C)c2C(C)=O)cc1[N+](=O)[O-]. The highest BCUT2D eigenvalue weighted by atomic mass is 16.6. The molecule has 0 amide bonds. The number of hydrogen-bond donors (Lipinski definition) is 1. The van der Waals surface area contributed by atoms with Crippen LogP contribution in [0.2, 0.25) is 0 Å². The number of H-pyrrole nitrogens is 1. The van der Waals surface area contributed by atoms with Crippen LogP contribution in [0.1, 0.15) is 23.0 Å². The first-order valence-electron chi connectivity index (χ1n) is 6.29. The lowest BCUT2D eigenvalue weighted by Crippen LogP contribution is -2.17. The molecule has 0 aliphatic heterocycles. The number of Topliss-reactive ketones (excluding diaryl/α,β-unsaturated/α-hetero) is 1. The van der Waals surface area contributed by atoms with Crippen molar-refractivity contribution in [1.82, 2.24) is 9.97 Å². The lowest BCUT2D eigenvalue weighted by molar-refractivity contribution is -0.385. The van der Waals surface area contributed by atoms with E-state index in [1.165, 1.54) is 32.2 Å². The van der Waals surface area contributed by atoms with E-state index in [0.29, 0.717) is 11.3 Å². The van der Waals surface area contributed by atoms with Gasteiger partial charge in [0.1, 0.15) is 0 Å². The van der Waals surface area contributed by atoms with E-state index in [1.807, 2.05) is 0 Å². The van der Waals surface area contributed by atoms with Gasteiger partial charge in [-0.3, -0.25) is 14.9 Å². The van der Waals surface area contributed by atoms with Gasteiger partial charge in [-0.2, -0.15) is 4.98 Å². The molecule has 0 fully saturated rings. The third-order valence-electron chi connectivity index (χ3n) is 3.12. The van der Waals surface area contributed by atoms with Crippen molar-refractivity contribution in [3.05, 3.63) is 50.1 Å². The molecule has 114 valence electrons. The fraction of sp³-hybridized carbons (Fsp3) is 0.214. The molecule has 2 rings (SSSR count). The number of aromatic nitrogens is 2. The number of carbonyl (C=O) groups is 1. The fourth-order valence-electron chi connectivity index (χ4n) is 2.21. The summed E-state index contributed by atoms with van der Waals surface area (Å²) in [6, 6.07) is 4.14. The third kappa shape index (κ3) is 2.71. The molecule has 0 unspecified atom stereocenters. The third-order valence-corrected chi connectivity index (χ3v) is 3.12. The lowest BCUT2D eigenvalue weighted by Gasteiger charge is -2.09. The van der Waals surface area contributed by atoms with E-state index >= 15 is 0 Å². The first kappa shape index (κ1) is 15.4. The number of nitro groups is 1. The van der Waals surface area contributed by atoms with Crippen LogP contribution in [-0.4, -0.2) is 27.8 Å². The second-order valence-electron chi connectivity index (χ2n) is 4.59. The number of aryl methyl sites for hydroxylation is 1. The molecule has 0 saturated carbocycles. The molecule has 0 bridgehead atoms. The lowest BCUT2D eigenvalue weighted by atomic mass is 10.0. The highest BCUT2D eigenvalue weighted by Crippen LogP contribution is 2.32. The summed E-state index contributed by atoms with van der Waals surface area (Å²) in [5.41, 5.74) is 0.0941. The Bertz CT molecular complexity index is 826. The fourth-order valence-corrected chi connectivity index (χ4v) is 2.21. The second kappa shape index (κ2) is 5.76. The summed E-state index contributed by atoms with van der Waals surface area (Å²) >= 11 is 0. The number of nitrogens with zero attached hydrogens (tertiary/aromatic N) is 2. The summed E-state index contributed by atoms with van der Waals surface area (Å²) in [5, 5.41) is 11.1. The summed E-state index contributed by atoms with van der Waals surface area (Å²) < 4.78 is 4.93. The molecule has 8 heteroatoms. The van der Waals surface area contributed by atoms with E-state index in [9.17, 15) is 19.7 Å². The van der Waals surface area contributed by atoms with Crippen molar-refractivity contribution in [2.75, 3.05) is 7.11 Å². The van der Waals surface area contributed by atoms with E-state index in [2.05, 4.69) is 9.97 Å². The smallest absolute Gasteiger partial charge is 0.345 e. The molecular weight excluding hydrogens is 290 g/mol. The Hall–Kier alpha value is -3.03. The number of nitro benzene ring substituents is 1. The number of aromatic amines is 1. The van der Waals surface area contributed by atoms with Gasteiger partial charge in [-0.1, -0.05) is 0 Å². The van der Waals surface area contributed by atoms with Crippen LogP contribution in [0.3, 0.4) is 0 Å². The van der Waals surface area contributed by atoms with Crippen LogP contribution in [0.25, 0.3) is 11.3 Å². The van der Waals surface area contributed by atoms with Gasteiger partial charge in [0.05, 0.1) is 23.3 Å². The maximum atomic E-state index is 11.8. The zero-order valence-electron chi connectivity index (χ0n) is 12.2. The van der Waals surface area contributed by atoms with Crippen LogP contribution in [-0.2, 0) is 0 Å². The van der Waals surface area contributed by atoms with Crippen molar-refractivity contribution in [1.29, 1.82) is 0 Å². The number of hydrogen-bond acceptors (Lipinski definition) is 6. The molecule has 1 heterocycles. The number of ether oxygens (including phenoxy) is 1. The number of methoxy groups -OCH3 is 1. The van der Waals surface area contributed by atoms with Crippen molar-refractivity contribution in [2.45, 2.75) is 13.8 Å². The number of benzene rings is 1. The Morgan fingerprint density at radius 2 is 2.09 bits per heavy atom. The van der Waals surface area contributed by atoms with Gasteiger partial charge in [0, 0.05) is 17.3 Å². The Morgan fingerprint density at radius 1 is 1.41 bits per heavy atom. The molecular formula is C14H13N3O5. The van der Waals surface area contributed by atoms with E-state index in [4.69, 9.17) is 4.74 Å². The monoisotopic (exact) mass is 303 g/mol. The van der Waals surface area contributed by atoms with Crippen molar-refractivity contribution < 1.29 is 14.5 Å². The molecule has 22 heavy (non-hydrogen) atoms. The predicted octanol–water partition coefficient (Wildman–Crippen LogP) is 1.86. The van der Waals surface area contributed by atoms with Gasteiger partial charge in [-0.25, -0.2) is 4.79 Å². The Kier molecular flexibility index (Phi) is 4.02. The Balaban J connectivity index is 2.77. The first-order valence-corrected chi connectivity index (χ1v) is 6.29. The summed E-state index contributed by atoms with van der Waals surface area (Å²) in [5.74, 6) is -0.214. The molecule has 8 nitrogen and oxygen atoms in total. The molecule has 1 aromatic heterocycles. The largest absolute Gasteiger partial charge is 0.490 e. The highest BCUT2D eigenvalue weighted by molar-refractivity contribution is 6.00. The van der Waals surface area contributed by atoms with E-state index in [0.717, 1.165) is 0 Å². The number of carbonyl (C=O) groups excluding carboxylic acids is 1. The van der Waals surface area contributed by atoms with Crippen LogP contribution in [0.5, 0.6) is 5.75 Å². The minimum absolute atomic E-state index is 0.0830. The van der Waals surface area contributed by atoms with Gasteiger partial charge in [0.2, 0.25) is 0 Å². The van der Waals surface area contributed by atoms with Gasteiger partial charge in [0.25, 0.3) is 0 Å². The van der Waals surface area contributed by atoms with Gasteiger partial charge in [-0.15, -0.1) is 0 Å². The Morgan fingerprint density at radius 3 is 2.64 bits per heavy atom. The predicted molar refractivity (Wildman–Crippen MR) is 78.2 cm³/mol. The van der Waals surface area contributed by atoms with Crippen LogP contribution >= 0.6 is 0 Å². The molecule has 0 radical (unpaired) electrons. The molecule has 1 aromatic carbocycles. The van der Waals surface area contributed by atoms with Crippen LogP contribution in [0.4, 0.5) is 5.69 Å². The zero-order valence-corrected chi connectivity index (χ0v) is 12.2. The second-order valence-corrected chi connectivity index (χ2v) is 4.59. The normalized spacial score (nSPS) is 10.3. The number of rotatable bonds is 4. The summed E-state index contributed by atoms with van der Waals surface area (Å²) in [6.45, 7) is 2.91. The molecule has 0 saturated heterocycles. The molecule has 1 N–H and O–H groups in total. The van der Waals surface area contributed by atoms with Crippen LogP contribution in [0.15, 0.2) is 23.0 Å². The van der Waals surface area contributed by atoms with Gasteiger partial charge >= 0.3 is 11.4 Å². The van der Waals surface area contributed by atoms with Crippen LogP contribution in [0, 0.1) is 17.0 Å². The van der Waals surface area contributed by atoms with E-state index < -0.39 is 10.6 Å². The standard InChI is InChI=1S/C14H13N3O5/c1-7-12(8(2)18)13(16-14(19)15-7)9-4-5-11(22-3)10(6-9)17(20)21/h4-6H,1-3H3,(H,15,16,19). The zero-order chi connectivity index (χ0) is 16.4. The van der Waals surface area contributed by atoms with Crippen molar-refractivity contribution in [3.63, 3.8) is 0 Å². The maximum absolute atomic E-state index is 11.8. The van der Waals surface area contributed by atoms with Gasteiger partial charge < -0.3 is 9.72 Å². The van der Waals surface area contributed by atoms with Crippen molar-refractivity contribution >= 4 is 11.5 Å². The van der Waals surface area contributed by atoms with Crippen molar-refractivity contribution in [2.24, 2.45) is 0 Å². The van der Waals surface area contributed by atoms with Gasteiger partial charge in [0.15, 0.2) is 11.5 Å². The molecule has 2 aromatic rings. The maximum Gasteiger partial charge on any atom is 0.345 e. The van der Waals surface area contributed by atoms with E-state index in [-0.39, 0.29) is 28.5 Å². The summed E-state index contributed by atoms with van der Waals surface area (Å²) in [4.78, 5) is 40.1. The average Bonchev–Trinajstić information content (AvgIpc) is 2.45. The molecule has 0 atom stereocenters. The first-order chi connectivity index (χ1) is 10.3. The summed E-state index contributed by atoms with van der Waals surface area (Å²) in [6.07, 6.45) is 0. The number of nitrogens with one attached hydrogen (secondary N) is 1. The highest BCUT2D eigenvalue weighted by Gasteiger charge is 2.20. The Labute approximate surface area is 124 Å². The molecule has 0 aliphatic rings. The number of ketones is 1. The minimum Gasteiger partial charge on any atom is -0.490 e. The molecule has 0 aliphatic carbocycles. The topological polar surface area (TPSA) is 115 Å². The molecule has 0 spiro atoms.